The van der Waals surface area contributed by atoms with Gasteiger partial charge in [-0.2, -0.15) is 0 Å². The molecule has 1 atom stereocenters. The number of aromatic nitrogens is 2. The van der Waals surface area contributed by atoms with Crippen molar-refractivity contribution >= 4 is 39.3 Å². The van der Waals surface area contributed by atoms with Crippen molar-refractivity contribution in [3.05, 3.63) is 28.1 Å². The molecule has 0 spiro atoms. The molecule has 0 aliphatic carbocycles. The Bertz CT molecular complexity index is 873. The third kappa shape index (κ3) is 5.12. The van der Waals surface area contributed by atoms with Crippen LogP contribution in [0.15, 0.2) is 22.6 Å². The number of carboxylic acids is 1. The summed E-state index contributed by atoms with van der Waals surface area (Å²) in [4.78, 5) is 51.8. The minimum atomic E-state index is -1.12. The first kappa shape index (κ1) is 19.6. The lowest BCUT2D eigenvalue weighted by molar-refractivity contribution is -0.142. The standard InChI is InChI=1S/C16H20N4O5S/c1-9(2)5-11(16(24)25)19-12(21)6-17-13(22)7-20-8-18-14-10(15(20)23)3-4-26-14/h3-4,8-9,11H,5-7H2,1-2H3,(H,17,22)(H,19,21)(H,24,25)/t11-/m0/s1. The molecule has 2 heterocycles. The van der Waals surface area contributed by atoms with Gasteiger partial charge in [-0.1, -0.05) is 13.8 Å². The first-order valence-corrected chi connectivity index (χ1v) is 8.87. The maximum absolute atomic E-state index is 12.2. The summed E-state index contributed by atoms with van der Waals surface area (Å²) >= 11 is 1.33. The van der Waals surface area contributed by atoms with Crippen molar-refractivity contribution < 1.29 is 19.5 Å². The fourth-order valence-corrected chi connectivity index (χ4v) is 3.06. The van der Waals surface area contributed by atoms with Gasteiger partial charge in [0.15, 0.2) is 0 Å². The minimum absolute atomic E-state index is 0.0948. The number of hydrogen-bond donors (Lipinski definition) is 3. The number of carbonyl (C=O) groups excluding carboxylic acids is 2. The summed E-state index contributed by atoms with van der Waals surface area (Å²) in [5, 5.41) is 16.0. The summed E-state index contributed by atoms with van der Waals surface area (Å²) in [5.74, 6) is -2.18. The first-order chi connectivity index (χ1) is 12.3. The van der Waals surface area contributed by atoms with Gasteiger partial charge in [0.2, 0.25) is 11.8 Å². The third-order valence-electron chi connectivity index (χ3n) is 3.55. The van der Waals surface area contributed by atoms with Crippen LogP contribution in [0.5, 0.6) is 0 Å². The Morgan fingerprint density at radius 3 is 2.69 bits per heavy atom. The number of amides is 2. The lowest BCUT2D eigenvalue weighted by Gasteiger charge is -2.16. The second-order valence-corrected chi connectivity index (χ2v) is 7.08. The van der Waals surface area contributed by atoms with Crippen molar-refractivity contribution in [2.24, 2.45) is 5.92 Å². The zero-order valence-electron chi connectivity index (χ0n) is 14.4. The number of nitrogens with one attached hydrogen (secondary N) is 2. The highest BCUT2D eigenvalue weighted by molar-refractivity contribution is 7.16. The molecule has 0 aromatic carbocycles. The molecular formula is C16H20N4O5S. The largest absolute Gasteiger partial charge is 0.480 e. The number of nitrogens with zero attached hydrogens (tertiary/aromatic N) is 2. The molecule has 2 rings (SSSR count). The summed E-state index contributed by atoms with van der Waals surface area (Å²) < 4.78 is 1.15. The molecule has 26 heavy (non-hydrogen) atoms. The molecule has 0 bridgehead atoms. The number of carbonyl (C=O) groups is 3. The molecule has 0 aliphatic heterocycles. The van der Waals surface area contributed by atoms with Crippen molar-refractivity contribution in [2.75, 3.05) is 6.54 Å². The third-order valence-corrected chi connectivity index (χ3v) is 4.37. The van der Waals surface area contributed by atoms with Crippen LogP contribution in [0.1, 0.15) is 20.3 Å². The molecule has 3 N–H and O–H groups in total. The lowest BCUT2D eigenvalue weighted by Crippen LogP contribution is -2.46. The Morgan fingerprint density at radius 1 is 1.31 bits per heavy atom. The molecule has 0 aliphatic rings. The van der Waals surface area contributed by atoms with E-state index in [0.717, 1.165) is 4.57 Å². The van der Waals surface area contributed by atoms with Gasteiger partial charge in [-0.15, -0.1) is 11.3 Å². The van der Waals surface area contributed by atoms with Gasteiger partial charge in [0.25, 0.3) is 5.56 Å². The van der Waals surface area contributed by atoms with Crippen molar-refractivity contribution in [2.45, 2.75) is 32.9 Å². The van der Waals surface area contributed by atoms with Crippen LogP contribution in [-0.4, -0.2) is 45.0 Å². The summed E-state index contributed by atoms with van der Waals surface area (Å²) in [6.07, 6.45) is 1.57. The van der Waals surface area contributed by atoms with Gasteiger partial charge in [-0.25, -0.2) is 9.78 Å². The molecular weight excluding hydrogens is 360 g/mol. The van der Waals surface area contributed by atoms with Crippen LogP contribution >= 0.6 is 11.3 Å². The normalized spacial score (nSPS) is 12.1. The van der Waals surface area contributed by atoms with Gasteiger partial charge in [0.05, 0.1) is 18.3 Å². The Balaban J connectivity index is 1.89. The van der Waals surface area contributed by atoms with Crippen LogP contribution in [0, 0.1) is 5.92 Å². The smallest absolute Gasteiger partial charge is 0.326 e. The molecule has 2 aromatic rings. The predicted molar refractivity (Wildman–Crippen MR) is 95.9 cm³/mol. The second kappa shape index (κ2) is 8.56. The maximum atomic E-state index is 12.2. The van der Waals surface area contributed by atoms with Gasteiger partial charge in [0, 0.05) is 0 Å². The van der Waals surface area contributed by atoms with E-state index in [-0.39, 0.29) is 31.0 Å². The average Bonchev–Trinajstić information content (AvgIpc) is 3.04. The van der Waals surface area contributed by atoms with E-state index in [9.17, 15) is 19.2 Å². The van der Waals surface area contributed by atoms with Crippen LogP contribution in [0.2, 0.25) is 0 Å². The van der Waals surface area contributed by atoms with Gasteiger partial charge in [-0.3, -0.25) is 19.0 Å². The van der Waals surface area contributed by atoms with Crippen molar-refractivity contribution in [1.82, 2.24) is 20.2 Å². The van der Waals surface area contributed by atoms with Crippen LogP contribution in [0.4, 0.5) is 0 Å². The van der Waals surface area contributed by atoms with E-state index in [1.165, 1.54) is 17.7 Å². The molecule has 10 heteroatoms. The van der Waals surface area contributed by atoms with E-state index >= 15 is 0 Å². The zero-order valence-corrected chi connectivity index (χ0v) is 15.2. The second-order valence-electron chi connectivity index (χ2n) is 6.18. The molecule has 0 radical (unpaired) electrons. The number of fused-ring (bicyclic) bond motifs is 1. The summed E-state index contributed by atoms with van der Waals surface area (Å²) in [6, 6.07) is 0.630. The van der Waals surface area contributed by atoms with E-state index in [1.807, 2.05) is 13.8 Å². The van der Waals surface area contributed by atoms with Crippen LogP contribution in [0.3, 0.4) is 0 Å². The topological polar surface area (TPSA) is 130 Å². The minimum Gasteiger partial charge on any atom is -0.480 e. The fraction of sp³-hybridized carbons (Fsp3) is 0.438. The van der Waals surface area contributed by atoms with Gasteiger partial charge in [0.1, 0.15) is 17.4 Å². The van der Waals surface area contributed by atoms with Crippen LogP contribution in [0.25, 0.3) is 10.2 Å². The first-order valence-electron chi connectivity index (χ1n) is 7.99. The fourth-order valence-electron chi connectivity index (χ4n) is 2.33. The van der Waals surface area contributed by atoms with Gasteiger partial charge < -0.3 is 15.7 Å². The average molecular weight is 380 g/mol. The number of hydrogen-bond acceptors (Lipinski definition) is 6. The van der Waals surface area contributed by atoms with Crippen molar-refractivity contribution in [3.8, 4) is 0 Å². The molecule has 2 amide bonds. The van der Waals surface area contributed by atoms with Crippen LogP contribution < -0.4 is 16.2 Å². The number of aliphatic carboxylic acids is 1. The van der Waals surface area contributed by atoms with E-state index in [2.05, 4.69) is 15.6 Å². The summed E-state index contributed by atoms with van der Waals surface area (Å²) in [7, 11) is 0. The molecule has 0 unspecified atom stereocenters. The van der Waals surface area contributed by atoms with E-state index < -0.39 is 23.8 Å². The molecule has 2 aromatic heterocycles. The monoisotopic (exact) mass is 380 g/mol. The molecule has 9 nitrogen and oxygen atoms in total. The molecule has 0 saturated carbocycles. The number of thiophene rings is 1. The van der Waals surface area contributed by atoms with Crippen molar-refractivity contribution in [1.29, 1.82) is 0 Å². The van der Waals surface area contributed by atoms with Gasteiger partial charge >= 0.3 is 5.97 Å². The predicted octanol–water partition coefficient (Wildman–Crippen LogP) is 0.190. The van der Waals surface area contributed by atoms with E-state index in [4.69, 9.17) is 5.11 Å². The van der Waals surface area contributed by atoms with Crippen LogP contribution in [-0.2, 0) is 20.9 Å². The summed E-state index contributed by atoms with van der Waals surface area (Å²) in [6.45, 7) is 3.04. The highest BCUT2D eigenvalue weighted by Gasteiger charge is 2.21. The Morgan fingerprint density at radius 2 is 2.04 bits per heavy atom. The Kier molecular flexibility index (Phi) is 6.45. The quantitative estimate of drug-likeness (QED) is 0.599. The SMILES string of the molecule is CC(C)C[C@H](NC(=O)CNC(=O)Cn1cnc2sccc2c1=O)C(=O)O. The number of rotatable bonds is 8. The maximum Gasteiger partial charge on any atom is 0.326 e. The Labute approximate surface area is 153 Å². The highest BCUT2D eigenvalue weighted by Crippen LogP contribution is 2.13. The molecule has 140 valence electrons. The molecule has 0 fully saturated rings. The van der Waals surface area contributed by atoms with E-state index in [1.54, 1.807) is 11.4 Å². The number of carboxylic acid groups (broad SMARTS) is 1. The lowest BCUT2D eigenvalue weighted by atomic mass is 10.0. The zero-order chi connectivity index (χ0) is 19.3. The van der Waals surface area contributed by atoms with Gasteiger partial charge in [-0.05, 0) is 23.8 Å². The highest BCUT2D eigenvalue weighted by atomic mass is 32.1. The molecule has 0 saturated heterocycles. The van der Waals surface area contributed by atoms with E-state index in [0.29, 0.717) is 10.2 Å². The Hall–Kier alpha value is -2.75. The summed E-state index contributed by atoms with van der Waals surface area (Å²) in [5.41, 5.74) is -0.335. The van der Waals surface area contributed by atoms with Crippen molar-refractivity contribution in [3.63, 3.8) is 0 Å².